The summed E-state index contributed by atoms with van der Waals surface area (Å²) >= 11 is 9.27. The maximum Gasteiger partial charge on any atom is 0.205 e. The first-order chi connectivity index (χ1) is 9.04. The van der Waals surface area contributed by atoms with Gasteiger partial charge in [-0.15, -0.1) is 0 Å². The number of nitrogens with two attached hydrogens (primary N) is 1. The summed E-state index contributed by atoms with van der Waals surface area (Å²) in [7, 11) is 0. The van der Waals surface area contributed by atoms with E-state index >= 15 is 0 Å². The van der Waals surface area contributed by atoms with Crippen LogP contribution in [-0.4, -0.2) is 9.55 Å². The Kier molecular flexibility index (Phi) is 2.95. The van der Waals surface area contributed by atoms with Crippen molar-refractivity contribution in [3.63, 3.8) is 0 Å². The quantitative estimate of drug-likeness (QED) is 0.723. The number of hydrogen-bond donors (Lipinski definition) is 1. The molecule has 0 fully saturated rings. The molecule has 0 atom stereocenters. The summed E-state index contributed by atoms with van der Waals surface area (Å²) in [6.07, 6.45) is 0. The van der Waals surface area contributed by atoms with E-state index in [-0.39, 0.29) is 5.95 Å². The summed E-state index contributed by atoms with van der Waals surface area (Å²) in [6.45, 7) is 0. The van der Waals surface area contributed by atoms with E-state index in [0.29, 0.717) is 10.7 Å². The second-order valence-corrected chi connectivity index (χ2v) is 5.42. The molecule has 0 aliphatic rings. The van der Waals surface area contributed by atoms with E-state index in [1.54, 1.807) is 10.6 Å². The van der Waals surface area contributed by atoms with E-state index in [9.17, 15) is 4.39 Å². The van der Waals surface area contributed by atoms with E-state index in [0.717, 1.165) is 15.5 Å². The number of hydrogen-bond acceptors (Lipinski definition) is 2. The Morgan fingerprint density at radius 1 is 1.21 bits per heavy atom. The van der Waals surface area contributed by atoms with Crippen molar-refractivity contribution in [2.45, 2.75) is 0 Å². The molecular weight excluding hydrogens is 333 g/mol. The van der Waals surface area contributed by atoms with Crippen LogP contribution in [0.3, 0.4) is 0 Å². The van der Waals surface area contributed by atoms with Gasteiger partial charge in [-0.3, -0.25) is 4.57 Å². The minimum atomic E-state index is -0.418. The van der Waals surface area contributed by atoms with Crippen LogP contribution >= 0.6 is 27.5 Å². The highest BCUT2D eigenvalue weighted by molar-refractivity contribution is 9.10. The molecule has 3 aromatic rings. The van der Waals surface area contributed by atoms with Gasteiger partial charge in [0.25, 0.3) is 0 Å². The van der Waals surface area contributed by atoms with Gasteiger partial charge in [-0.05, 0) is 36.4 Å². The Morgan fingerprint density at radius 3 is 2.74 bits per heavy atom. The fraction of sp³-hybridized carbons (Fsp3) is 0. The fourth-order valence-electron chi connectivity index (χ4n) is 2.01. The summed E-state index contributed by atoms with van der Waals surface area (Å²) in [5.74, 6) is -0.131. The summed E-state index contributed by atoms with van der Waals surface area (Å²) in [5.41, 5.74) is 7.97. The second-order valence-electron chi connectivity index (χ2n) is 4.07. The lowest BCUT2D eigenvalue weighted by Gasteiger charge is -2.07. The first-order valence-electron chi connectivity index (χ1n) is 5.44. The molecule has 2 N–H and O–H groups in total. The molecule has 2 aromatic carbocycles. The highest BCUT2D eigenvalue weighted by atomic mass is 79.9. The Balaban J connectivity index is 2.35. The van der Waals surface area contributed by atoms with Gasteiger partial charge in [-0.2, -0.15) is 0 Å². The Labute approximate surface area is 121 Å². The van der Waals surface area contributed by atoms with E-state index in [2.05, 4.69) is 20.9 Å². The highest BCUT2D eigenvalue weighted by Crippen LogP contribution is 2.27. The lowest BCUT2D eigenvalue weighted by Crippen LogP contribution is -2.01. The number of fused-ring (bicyclic) bond motifs is 1. The van der Waals surface area contributed by atoms with Crippen molar-refractivity contribution < 1.29 is 4.39 Å². The van der Waals surface area contributed by atoms with Gasteiger partial charge in [0.15, 0.2) is 0 Å². The number of imidazole rings is 1. The summed E-state index contributed by atoms with van der Waals surface area (Å²) in [6, 6.07) is 9.84. The zero-order valence-corrected chi connectivity index (χ0v) is 11.9. The van der Waals surface area contributed by atoms with Crippen molar-refractivity contribution >= 4 is 44.5 Å². The molecule has 0 unspecified atom stereocenters. The van der Waals surface area contributed by atoms with Crippen LogP contribution in [0.4, 0.5) is 10.3 Å². The molecule has 96 valence electrons. The van der Waals surface area contributed by atoms with Crippen LogP contribution in [0.2, 0.25) is 5.02 Å². The summed E-state index contributed by atoms with van der Waals surface area (Å²) in [4.78, 5) is 4.24. The summed E-state index contributed by atoms with van der Waals surface area (Å²) < 4.78 is 16.0. The number of aromatic nitrogens is 2. The molecule has 0 saturated carbocycles. The smallest absolute Gasteiger partial charge is 0.205 e. The van der Waals surface area contributed by atoms with Crippen molar-refractivity contribution in [2.75, 3.05) is 5.73 Å². The van der Waals surface area contributed by atoms with Crippen LogP contribution in [0.1, 0.15) is 0 Å². The average Bonchev–Trinajstić information content (AvgIpc) is 2.63. The van der Waals surface area contributed by atoms with Crippen molar-refractivity contribution in [3.8, 4) is 5.69 Å². The van der Waals surface area contributed by atoms with E-state index < -0.39 is 5.82 Å². The topological polar surface area (TPSA) is 43.8 Å². The zero-order chi connectivity index (χ0) is 13.6. The maximum atomic E-state index is 13.5. The van der Waals surface area contributed by atoms with Crippen molar-refractivity contribution in [1.82, 2.24) is 9.55 Å². The fourth-order valence-corrected chi connectivity index (χ4v) is 2.57. The second kappa shape index (κ2) is 4.51. The minimum absolute atomic E-state index is 0.287. The summed E-state index contributed by atoms with van der Waals surface area (Å²) in [5, 5.41) is 0.311. The van der Waals surface area contributed by atoms with E-state index in [4.69, 9.17) is 17.3 Å². The predicted molar refractivity (Wildman–Crippen MR) is 78.2 cm³/mol. The molecule has 0 spiro atoms. The first kappa shape index (κ1) is 12.4. The highest BCUT2D eigenvalue weighted by Gasteiger charge is 2.11. The Morgan fingerprint density at radius 2 is 2.00 bits per heavy atom. The minimum Gasteiger partial charge on any atom is -0.369 e. The molecule has 0 radical (unpaired) electrons. The number of nitrogens with zero attached hydrogens (tertiary/aromatic N) is 2. The lowest BCUT2D eigenvalue weighted by molar-refractivity contribution is 0.627. The SMILES string of the molecule is Nc1nc2ccc(Br)cc2n1-c1cc(F)cc(Cl)c1. The third-order valence-corrected chi connectivity index (χ3v) is 3.46. The largest absolute Gasteiger partial charge is 0.369 e. The normalized spacial score (nSPS) is 11.1. The van der Waals surface area contributed by atoms with Crippen LogP contribution in [0.25, 0.3) is 16.7 Å². The van der Waals surface area contributed by atoms with Crippen LogP contribution in [0.5, 0.6) is 0 Å². The number of halogens is 3. The van der Waals surface area contributed by atoms with Crippen LogP contribution in [0.15, 0.2) is 40.9 Å². The monoisotopic (exact) mass is 339 g/mol. The van der Waals surface area contributed by atoms with E-state index in [1.165, 1.54) is 12.1 Å². The molecule has 0 bridgehead atoms. The third kappa shape index (κ3) is 2.19. The number of nitrogen functional groups attached to an aromatic ring is 1. The van der Waals surface area contributed by atoms with Gasteiger partial charge in [-0.25, -0.2) is 9.37 Å². The van der Waals surface area contributed by atoms with Crippen molar-refractivity contribution in [3.05, 3.63) is 51.7 Å². The van der Waals surface area contributed by atoms with Gasteiger partial charge in [0.1, 0.15) is 5.82 Å². The van der Waals surface area contributed by atoms with Crippen molar-refractivity contribution in [1.29, 1.82) is 0 Å². The van der Waals surface area contributed by atoms with Crippen LogP contribution < -0.4 is 5.73 Å². The molecular formula is C13H8BrClFN3. The van der Waals surface area contributed by atoms with Gasteiger partial charge in [0.2, 0.25) is 5.95 Å². The van der Waals surface area contributed by atoms with Gasteiger partial charge >= 0.3 is 0 Å². The molecule has 0 saturated heterocycles. The van der Waals surface area contributed by atoms with E-state index in [1.807, 2.05) is 18.2 Å². The molecule has 0 aliphatic carbocycles. The number of rotatable bonds is 1. The molecule has 3 nitrogen and oxygen atoms in total. The third-order valence-electron chi connectivity index (χ3n) is 2.75. The predicted octanol–water partition coefficient (Wildman–Crippen LogP) is 4.16. The molecule has 1 aromatic heterocycles. The molecule has 19 heavy (non-hydrogen) atoms. The van der Waals surface area contributed by atoms with Gasteiger partial charge < -0.3 is 5.73 Å². The molecule has 1 heterocycles. The van der Waals surface area contributed by atoms with Gasteiger partial charge in [-0.1, -0.05) is 27.5 Å². The molecule has 0 aliphatic heterocycles. The zero-order valence-electron chi connectivity index (χ0n) is 9.57. The maximum absolute atomic E-state index is 13.5. The lowest BCUT2D eigenvalue weighted by atomic mass is 10.2. The standard InChI is InChI=1S/C13H8BrClFN3/c14-7-1-2-11-12(3-7)19(13(17)18-11)10-5-8(15)4-9(16)6-10/h1-6H,(H2,17,18). The molecule has 6 heteroatoms. The van der Waals surface area contributed by atoms with Crippen LogP contribution in [0, 0.1) is 5.82 Å². The van der Waals surface area contributed by atoms with Gasteiger partial charge in [0.05, 0.1) is 16.7 Å². The Hall–Kier alpha value is -1.59. The Bertz CT molecular complexity index is 765. The molecule has 0 amide bonds. The first-order valence-corrected chi connectivity index (χ1v) is 6.61. The number of anilines is 1. The number of benzene rings is 2. The van der Waals surface area contributed by atoms with Gasteiger partial charge in [0, 0.05) is 9.50 Å². The average molecular weight is 341 g/mol. The molecule has 3 rings (SSSR count). The van der Waals surface area contributed by atoms with Crippen LogP contribution in [-0.2, 0) is 0 Å². The van der Waals surface area contributed by atoms with Crippen molar-refractivity contribution in [2.24, 2.45) is 0 Å².